The lowest BCUT2D eigenvalue weighted by Crippen LogP contribution is -2.22. The first kappa shape index (κ1) is 14.1. The second-order valence-corrected chi connectivity index (χ2v) is 5.84. The fourth-order valence-corrected chi connectivity index (χ4v) is 2.88. The van der Waals surface area contributed by atoms with E-state index < -0.39 is 0 Å². The van der Waals surface area contributed by atoms with E-state index >= 15 is 0 Å². The predicted octanol–water partition coefficient (Wildman–Crippen LogP) is 3.85. The number of phenols is 1. The van der Waals surface area contributed by atoms with Crippen LogP contribution in [0.4, 0.5) is 0 Å². The zero-order valence-electron chi connectivity index (χ0n) is 9.86. The summed E-state index contributed by atoms with van der Waals surface area (Å²) in [6.07, 6.45) is 0. The Balaban J connectivity index is 2.03. The standard InChI is InChI=1S/C14H11Br2NO2/c15-11-5-10(6-12(16)7-11)14(19)17-8-9-1-3-13(18)4-2-9/h1-7,18H,8H2,(H,17,19). The van der Waals surface area contributed by atoms with Crippen molar-refractivity contribution in [2.45, 2.75) is 6.54 Å². The summed E-state index contributed by atoms with van der Waals surface area (Å²) in [5.74, 6) is 0.0704. The third-order valence-electron chi connectivity index (χ3n) is 2.51. The fourth-order valence-electron chi connectivity index (χ4n) is 1.58. The van der Waals surface area contributed by atoms with Crippen LogP contribution >= 0.6 is 31.9 Å². The molecule has 0 bridgehead atoms. The van der Waals surface area contributed by atoms with Gasteiger partial charge in [0.25, 0.3) is 5.91 Å². The van der Waals surface area contributed by atoms with E-state index in [9.17, 15) is 9.90 Å². The van der Waals surface area contributed by atoms with Gasteiger partial charge in [-0.25, -0.2) is 0 Å². The van der Waals surface area contributed by atoms with Crippen molar-refractivity contribution >= 4 is 37.8 Å². The summed E-state index contributed by atoms with van der Waals surface area (Å²) in [4.78, 5) is 12.0. The maximum absolute atomic E-state index is 12.0. The van der Waals surface area contributed by atoms with Crippen LogP contribution in [-0.4, -0.2) is 11.0 Å². The Labute approximate surface area is 127 Å². The molecule has 5 heteroatoms. The number of phenolic OH excluding ortho intramolecular Hbond substituents is 1. The van der Waals surface area contributed by atoms with E-state index in [0.717, 1.165) is 14.5 Å². The average molecular weight is 385 g/mol. The highest BCUT2D eigenvalue weighted by atomic mass is 79.9. The molecule has 0 aliphatic carbocycles. The highest BCUT2D eigenvalue weighted by Gasteiger charge is 2.07. The highest BCUT2D eigenvalue weighted by Crippen LogP contribution is 2.20. The van der Waals surface area contributed by atoms with Crippen molar-refractivity contribution in [2.24, 2.45) is 0 Å². The Morgan fingerprint density at radius 3 is 2.21 bits per heavy atom. The van der Waals surface area contributed by atoms with E-state index in [1.165, 1.54) is 0 Å². The molecule has 2 rings (SSSR count). The lowest BCUT2D eigenvalue weighted by molar-refractivity contribution is 0.0951. The second-order valence-electron chi connectivity index (χ2n) is 4.01. The molecule has 0 aliphatic heterocycles. The second kappa shape index (κ2) is 6.21. The van der Waals surface area contributed by atoms with Crippen LogP contribution in [0, 0.1) is 0 Å². The average Bonchev–Trinajstić information content (AvgIpc) is 2.36. The Hall–Kier alpha value is -1.33. The van der Waals surface area contributed by atoms with Gasteiger partial charge in [0.15, 0.2) is 0 Å². The number of nitrogens with one attached hydrogen (secondary N) is 1. The number of amides is 1. The molecule has 0 saturated heterocycles. The van der Waals surface area contributed by atoms with Crippen molar-refractivity contribution in [3.63, 3.8) is 0 Å². The van der Waals surface area contributed by atoms with Gasteiger partial charge >= 0.3 is 0 Å². The fraction of sp³-hybridized carbons (Fsp3) is 0.0714. The SMILES string of the molecule is O=C(NCc1ccc(O)cc1)c1cc(Br)cc(Br)c1. The molecule has 0 unspecified atom stereocenters. The van der Waals surface area contributed by atoms with Gasteiger partial charge < -0.3 is 10.4 Å². The van der Waals surface area contributed by atoms with E-state index in [-0.39, 0.29) is 11.7 Å². The molecule has 0 radical (unpaired) electrons. The predicted molar refractivity (Wildman–Crippen MR) is 81.1 cm³/mol. The van der Waals surface area contributed by atoms with Gasteiger partial charge in [0, 0.05) is 21.1 Å². The number of benzene rings is 2. The van der Waals surface area contributed by atoms with Gasteiger partial charge in [-0.3, -0.25) is 4.79 Å². The lowest BCUT2D eigenvalue weighted by atomic mass is 10.2. The Morgan fingerprint density at radius 1 is 1.05 bits per heavy atom. The topological polar surface area (TPSA) is 49.3 Å². The molecule has 98 valence electrons. The van der Waals surface area contributed by atoms with Crippen LogP contribution in [0.2, 0.25) is 0 Å². The molecule has 0 aromatic heterocycles. The molecule has 0 heterocycles. The molecule has 0 fully saturated rings. The highest BCUT2D eigenvalue weighted by molar-refractivity contribution is 9.11. The molecule has 2 N–H and O–H groups in total. The van der Waals surface area contributed by atoms with E-state index in [1.54, 1.807) is 36.4 Å². The molecule has 0 saturated carbocycles. The molecule has 0 aliphatic rings. The zero-order chi connectivity index (χ0) is 13.8. The maximum atomic E-state index is 12.0. The van der Waals surface area contributed by atoms with Crippen LogP contribution in [0.3, 0.4) is 0 Å². The van der Waals surface area contributed by atoms with Gasteiger partial charge in [-0.05, 0) is 35.9 Å². The van der Waals surface area contributed by atoms with Crippen LogP contribution in [0.25, 0.3) is 0 Å². The number of aromatic hydroxyl groups is 1. The minimum absolute atomic E-state index is 0.143. The third kappa shape index (κ3) is 4.08. The first-order valence-electron chi connectivity index (χ1n) is 5.57. The van der Waals surface area contributed by atoms with Crippen LogP contribution in [0.5, 0.6) is 5.75 Å². The summed E-state index contributed by atoms with van der Waals surface area (Å²) in [5, 5.41) is 12.0. The molecular weight excluding hydrogens is 374 g/mol. The first-order chi connectivity index (χ1) is 9.04. The van der Waals surface area contributed by atoms with Gasteiger partial charge in [0.1, 0.15) is 5.75 Å². The molecule has 2 aromatic rings. The molecule has 0 spiro atoms. The van der Waals surface area contributed by atoms with Crippen molar-refractivity contribution < 1.29 is 9.90 Å². The molecule has 0 atom stereocenters. The molecule has 1 amide bonds. The summed E-state index contributed by atoms with van der Waals surface area (Å²) >= 11 is 6.69. The summed E-state index contributed by atoms with van der Waals surface area (Å²) in [6, 6.07) is 12.1. The van der Waals surface area contributed by atoms with Gasteiger partial charge in [-0.15, -0.1) is 0 Å². The Bertz CT molecular complexity index is 577. The van der Waals surface area contributed by atoms with Gasteiger partial charge in [-0.2, -0.15) is 0 Å². The van der Waals surface area contributed by atoms with Crippen molar-refractivity contribution in [1.29, 1.82) is 0 Å². The maximum Gasteiger partial charge on any atom is 0.251 e. The van der Waals surface area contributed by atoms with Crippen LogP contribution in [-0.2, 0) is 6.54 Å². The van der Waals surface area contributed by atoms with Crippen LogP contribution in [0.15, 0.2) is 51.4 Å². The third-order valence-corrected chi connectivity index (χ3v) is 3.43. The lowest BCUT2D eigenvalue weighted by Gasteiger charge is -2.06. The summed E-state index contributed by atoms with van der Waals surface area (Å²) in [5.41, 5.74) is 1.51. The molecule has 2 aromatic carbocycles. The smallest absolute Gasteiger partial charge is 0.251 e. The number of carbonyl (C=O) groups excluding carboxylic acids is 1. The zero-order valence-corrected chi connectivity index (χ0v) is 13.0. The number of carbonyl (C=O) groups is 1. The monoisotopic (exact) mass is 383 g/mol. The van der Waals surface area contributed by atoms with Crippen molar-refractivity contribution in [2.75, 3.05) is 0 Å². The number of hydrogen-bond donors (Lipinski definition) is 2. The van der Waals surface area contributed by atoms with Gasteiger partial charge in [0.05, 0.1) is 0 Å². The van der Waals surface area contributed by atoms with Crippen LogP contribution in [0.1, 0.15) is 15.9 Å². The molecule has 19 heavy (non-hydrogen) atoms. The number of hydrogen-bond acceptors (Lipinski definition) is 2. The van der Waals surface area contributed by atoms with E-state index in [1.807, 2.05) is 6.07 Å². The van der Waals surface area contributed by atoms with E-state index in [0.29, 0.717) is 12.1 Å². The van der Waals surface area contributed by atoms with Crippen molar-refractivity contribution in [3.05, 3.63) is 62.5 Å². The van der Waals surface area contributed by atoms with Gasteiger partial charge in [0.2, 0.25) is 0 Å². The van der Waals surface area contributed by atoms with E-state index in [4.69, 9.17) is 0 Å². The normalized spacial score (nSPS) is 10.2. The molecule has 3 nitrogen and oxygen atoms in total. The first-order valence-corrected chi connectivity index (χ1v) is 7.15. The Morgan fingerprint density at radius 2 is 1.63 bits per heavy atom. The van der Waals surface area contributed by atoms with Crippen molar-refractivity contribution in [3.8, 4) is 5.75 Å². The van der Waals surface area contributed by atoms with E-state index in [2.05, 4.69) is 37.2 Å². The molecular formula is C14H11Br2NO2. The minimum Gasteiger partial charge on any atom is -0.508 e. The number of halogens is 2. The van der Waals surface area contributed by atoms with Crippen molar-refractivity contribution in [1.82, 2.24) is 5.32 Å². The van der Waals surface area contributed by atoms with Gasteiger partial charge in [-0.1, -0.05) is 44.0 Å². The summed E-state index contributed by atoms with van der Waals surface area (Å²) in [6.45, 7) is 0.420. The Kier molecular flexibility index (Phi) is 4.61. The van der Waals surface area contributed by atoms with Crippen LogP contribution < -0.4 is 5.32 Å². The summed E-state index contributed by atoms with van der Waals surface area (Å²) < 4.78 is 1.69. The number of rotatable bonds is 3. The largest absolute Gasteiger partial charge is 0.508 e. The minimum atomic E-state index is -0.143. The quantitative estimate of drug-likeness (QED) is 0.844. The summed E-state index contributed by atoms with van der Waals surface area (Å²) in [7, 11) is 0.